The third kappa shape index (κ3) is 10.3. The second-order valence-electron chi connectivity index (χ2n) is 14.3. The number of nitrogens with zero attached hydrogens (tertiary/aromatic N) is 7. The van der Waals surface area contributed by atoms with Gasteiger partial charge in [0.05, 0.1) is 18.7 Å². The first kappa shape index (κ1) is 40.0. The van der Waals surface area contributed by atoms with Gasteiger partial charge < -0.3 is 15.0 Å². The van der Waals surface area contributed by atoms with Gasteiger partial charge in [-0.1, -0.05) is 25.5 Å². The summed E-state index contributed by atoms with van der Waals surface area (Å²) in [4.78, 5) is 13.7. The van der Waals surface area contributed by atoms with Crippen molar-refractivity contribution in [1.29, 1.82) is 5.26 Å². The number of nitrogens with one attached hydrogen (secondary N) is 2. The number of aliphatic hydroxyl groups excluding tert-OH is 1. The molecule has 3 N–H and O–H groups in total. The maximum atomic E-state index is 13.4. The second-order valence-corrected chi connectivity index (χ2v) is 15.3. The van der Waals surface area contributed by atoms with E-state index < -0.39 is 12.6 Å². The smallest absolute Gasteiger partial charge is 0.392 e. The van der Waals surface area contributed by atoms with Crippen LogP contribution >= 0.6 is 12.1 Å². The molecule has 1 unspecified atom stereocenters. The Kier molecular flexibility index (Phi) is 14.0. The molecule has 0 saturated carbocycles. The average molecular weight is 742 g/mol. The van der Waals surface area contributed by atoms with Crippen LogP contribution in [0.25, 0.3) is 17.0 Å². The number of nitriles is 1. The molecule has 3 aromatic rings. The van der Waals surface area contributed by atoms with Crippen LogP contribution in [-0.4, -0.2) is 104 Å². The van der Waals surface area contributed by atoms with Crippen molar-refractivity contribution < 1.29 is 18.3 Å². The highest BCUT2D eigenvalue weighted by Gasteiger charge is 2.31. The van der Waals surface area contributed by atoms with Gasteiger partial charge in [-0.2, -0.15) is 18.4 Å². The standard InChI is InChI=1S/C38H54F3N9OS/c1-6-26(2)31(21-38(39,40)41)19-35-29(5)43-25-44-37(35)46-32-9-12-47(13-10-32)24-30-7-8-36-34(28(30)4)20-33(22-42)50(36)23-27(3)48-14-16-49(17-15-48)52-45-11-18-51/h7-8,19-20,25-27,32,45,51H,6,9-18,21,23-24H2,1-5H3,(H,43,44,46)/b31-19-/t26?,27-/m0/s1. The second kappa shape index (κ2) is 18.2. The van der Waals surface area contributed by atoms with Crippen LogP contribution < -0.4 is 10.0 Å². The fourth-order valence-corrected chi connectivity index (χ4v) is 7.98. The minimum absolute atomic E-state index is 0.126. The first-order chi connectivity index (χ1) is 24.9. The maximum Gasteiger partial charge on any atom is 0.392 e. The normalized spacial score (nSPS) is 18.5. The molecule has 2 aliphatic heterocycles. The molecule has 5 rings (SSSR count). The van der Waals surface area contributed by atoms with Crippen molar-refractivity contribution in [3.05, 3.63) is 58.2 Å². The number of piperazine rings is 1. The molecule has 0 bridgehead atoms. The van der Waals surface area contributed by atoms with E-state index in [0.717, 1.165) is 76.1 Å². The number of hydrogen-bond acceptors (Lipinski definition) is 10. The lowest BCUT2D eigenvalue weighted by atomic mass is 9.93. The van der Waals surface area contributed by atoms with E-state index in [0.29, 0.717) is 41.3 Å². The van der Waals surface area contributed by atoms with Crippen molar-refractivity contribution in [3.63, 3.8) is 0 Å². The lowest BCUT2D eigenvalue weighted by molar-refractivity contribution is -0.128. The zero-order valence-electron chi connectivity index (χ0n) is 31.1. The van der Waals surface area contributed by atoms with Gasteiger partial charge in [0, 0.05) is 99.6 Å². The van der Waals surface area contributed by atoms with E-state index in [1.807, 2.05) is 26.8 Å². The van der Waals surface area contributed by atoms with Crippen molar-refractivity contribution >= 4 is 34.9 Å². The minimum atomic E-state index is -4.28. The highest BCUT2D eigenvalue weighted by molar-refractivity contribution is 7.95. The lowest BCUT2D eigenvalue weighted by Gasteiger charge is -2.37. The Labute approximate surface area is 310 Å². The molecule has 2 atom stereocenters. The van der Waals surface area contributed by atoms with Crippen LogP contribution in [0.15, 0.2) is 30.1 Å². The van der Waals surface area contributed by atoms with Crippen molar-refractivity contribution in [2.45, 2.75) is 91.7 Å². The van der Waals surface area contributed by atoms with E-state index >= 15 is 0 Å². The van der Waals surface area contributed by atoms with E-state index in [9.17, 15) is 18.4 Å². The Morgan fingerprint density at radius 3 is 2.50 bits per heavy atom. The molecule has 0 radical (unpaired) electrons. The Morgan fingerprint density at radius 2 is 1.85 bits per heavy atom. The summed E-state index contributed by atoms with van der Waals surface area (Å²) in [6, 6.07) is 9.27. The third-order valence-electron chi connectivity index (χ3n) is 10.7. The van der Waals surface area contributed by atoms with E-state index in [-0.39, 0.29) is 24.6 Å². The summed E-state index contributed by atoms with van der Waals surface area (Å²) in [5.41, 5.74) is 5.86. The quantitative estimate of drug-likeness (QED) is 0.118. The number of hydrogen-bond donors (Lipinski definition) is 3. The number of alkyl halides is 3. The Hall–Kier alpha value is -3.19. The first-order valence-corrected chi connectivity index (χ1v) is 19.3. The number of rotatable bonds is 15. The number of piperidine rings is 1. The van der Waals surface area contributed by atoms with Crippen molar-refractivity contribution in [2.24, 2.45) is 5.92 Å². The van der Waals surface area contributed by atoms with Gasteiger partial charge in [0.15, 0.2) is 0 Å². The fraction of sp³-hybridized carbons (Fsp3) is 0.605. The van der Waals surface area contributed by atoms with Crippen LogP contribution in [0.5, 0.6) is 0 Å². The molecule has 2 saturated heterocycles. The van der Waals surface area contributed by atoms with Crippen LogP contribution in [0, 0.1) is 31.1 Å². The number of halogens is 3. The van der Waals surface area contributed by atoms with E-state index in [1.54, 1.807) is 18.2 Å². The molecule has 2 aliphatic rings. The number of aromatic nitrogens is 3. The zero-order chi connectivity index (χ0) is 37.4. The maximum absolute atomic E-state index is 13.4. The van der Waals surface area contributed by atoms with Gasteiger partial charge in [0.25, 0.3) is 0 Å². The molecule has 0 spiro atoms. The highest BCUT2D eigenvalue weighted by Crippen LogP contribution is 2.34. The molecular weight excluding hydrogens is 688 g/mol. The molecule has 52 heavy (non-hydrogen) atoms. The summed E-state index contributed by atoms with van der Waals surface area (Å²) in [6.07, 6.45) is 0.294. The number of aryl methyl sites for hydroxylation is 2. The molecule has 1 aromatic carbocycles. The van der Waals surface area contributed by atoms with Crippen LogP contribution in [0.1, 0.15) is 74.5 Å². The predicted octanol–water partition coefficient (Wildman–Crippen LogP) is 6.53. The van der Waals surface area contributed by atoms with Crippen LogP contribution in [0.2, 0.25) is 0 Å². The molecule has 14 heteroatoms. The van der Waals surface area contributed by atoms with E-state index in [2.05, 4.69) is 70.7 Å². The largest absolute Gasteiger partial charge is 0.395 e. The molecule has 0 aliphatic carbocycles. The number of likely N-dealkylation sites (tertiary alicyclic amines) is 1. The van der Waals surface area contributed by atoms with Crippen LogP contribution in [0.3, 0.4) is 0 Å². The Morgan fingerprint density at radius 1 is 1.12 bits per heavy atom. The molecule has 2 fully saturated rings. The summed E-state index contributed by atoms with van der Waals surface area (Å²) >= 11 is 1.58. The van der Waals surface area contributed by atoms with Gasteiger partial charge in [-0.15, -0.1) is 0 Å². The van der Waals surface area contributed by atoms with Gasteiger partial charge in [-0.25, -0.2) is 19.0 Å². The van der Waals surface area contributed by atoms with Gasteiger partial charge in [-0.05, 0) is 75.3 Å². The van der Waals surface area contributed by atoms with E-state index in [1.165, 1.54) is 17.5 Å². The SMILES string of the molecule is CCC(C)/C(=C\c1c(C)ncnc1NC1CCN(Cc2ccc3c(cc(C#N)n3C[C@H](C)N3CCN(SNCCO)CC3)c2C)CC1)CC(F)(F)F. The van der Waals surface area contributed by atoms with Crippen molar-refractivity contribution in [1.82, 2.24) is 33.4 Å². The molecule has 10 nitrogen and oxygen atoms in total. The van der Waals surface area contributed by atoms with Crippen molar-refractivity contribution in [3.8, 4) is 6.07 Å². The van der Waals surface area contributed by atoms with Gasteiger partial charge in [0.2, 0.25) is 0 Å². The number of fused-ring (bicyclic) bond motifs is 1. The topological polar surface area (TPSA) is 109 Å². The summed E-state index contributed by atoms with van der Waals surface area (Å²) in [7, 11) is 0. The monoisotopic (exact) mass is 741 g/mol. The summed E-state index contributed by atoms with van der Waals surface area (Å²) in [5.74, 6) is 0.390. The molecule has 4 heterocycles. The number of allylic oxidation sites excluding steroid dienone is 1. The summed E-state index contributed by atoms with van der Waals surface area (Å²) < 4.78 is 48.0. The Bertz CT molecular complexity index is 1710. The number of benzene rings is 1. The lowest BCUT2D eigenvalue weighted by Crippen LogP contribution is -2.49. The molecule has 2 aromatic heterocycles. The van der Waals surface area contributed by atoms with Gasteiger partial charge in [-0.3, -0.25) is 9.80 Å². The predicted molar refractivity (Wildman–Crippen MR) is 203 cm³/mol. The summed E-state index contributed by atoms with van der Waals surface area (Å²) in [5, 5.41) is 23.8. The van der Waals surface area contributed by atoms with Gasteiger partial charge in [0.1, 0.15) is 23.9 Å². The van der Waals surface area contributed by atoms with Crippen LogP contribution in [0.4, 0.5) is 19.0 Å². The summed E-state index contributed by atoms with van der Waals surface area (Å²) in [6.45, 7) is 17.7. The molecular formula is C38H54F3N9OS. The van der Waals surface area contributed by atoms with E-state index in [4.69, 9.17) is 5.11 Å². The Balaban J connectivity index is 1.21. The number of aliphatic hydroxyl groups is 1. The fourth-order valence-electron chi connectivity index (χ4n) is 7.27. The first-order valence-electron chi connectivity index (χ1n) is 18.5. The molecule has 0 amide bonds. The van der Waals surface area contributed by atoms with Crippen molar-refractivity contribution in [2.75, 3.05) is 57.7 Å². The highest BCUT2D eigenvalue weighted by atomic mass is 32.2. The number of anilines is 1. The zero-order valence-corrected chi connectivity index (χ0v) is 32.0. The third-order valence-corrected chi connectivity index (χ3v) is 11.7. The van der Waals surface area contributed by atoms with Gasteiger partial charge >= 0.3 is 6.18 Å². The molecule has 284 valence electrons. The average Bonchev–Trinajstić information content (AvgIpc) is 3.48. The minimum Gasteiger partial charge on any atom is -0.395 e. The van der Waals surface area contributed by atoms with Crippen LogP contribution in [-0.2, 0) is 13.1 Å².